The third-order valence-electron chi connectivity index (χ3n) is 3.51. The molecule has 1 heterocycles. The van der Waals surface area contributed by atoms with Crippen LogP contribution in [0, 0.1) is 13.8 Å². The summed E-state index contributed by atoms with van der Waals surface area (Å²) < 4.78 is 5.34. The van der Waals surface area contributed by atoms with Gasteiger partial charge in [0, 0.05) is 0 Å². The molecule has 1 N–H and O–H groups in total. The lowest BCUT2D eigenvalue weighted by Crippen LogP contribution is -2.03. The van der Waals surface area contributed by atoms with Gasteiger partial charge in [-0.15, -0.1) is 0 Å². The molecule has 4 heteroatoms. The normalized spacial score (nSPS) is 12.4. The van der Waals surface area contributed by atoms with Crippen LogP contribution in [0.4, 0.5) is 0 Å². The largest absolute Gasteiger partial charge is 0.496 e. The second-order valence-corrected chi connectivity index (χ2v) is 4.67. The highest BCUT2D eigenvalue weighted by molar-refractivity contribution is 5.45. The van der Waals surface area contributed by atoms with E-state index < -0.39 is 0 Å². The van der Waals surface area contributed by atoms with Gasteiger partial charge in [-0.25, -0.2) is 0 Å². The summed E-state index contributed by atoms with van der Waals surface area (Å²) in [6, 6.07) is 4.18. The molecule has 0 saturated heterocycles. The van der Waals surface area contributed by atoms with Gasteiger partial charge in [0.2, 0.25) is 0 Å². The van der Waals surface area contributed by atoms with Gasteiger partial charge in [-0.05, 0) is 48.9 Å². The SMILES string of the molecule is COc1ccc(C(C)Cc2cn[nH]n2)c(C)c1C. The van der Waals surface area contributed by atoms with E-state index in [9.17, 15) is 0 Å². The zero-order valence-electron chi connectivity index (χ0n) is 11.3. The van der Waals surface area contributed by atoms with Crippen LogP contribution in [0.1, 0.15) is 35.2 Å². The molecular weight excluding hydrogens is 226 g/mol. The van der Waals surface area contributed by atoms with Gasteiger partial charge in [-0.2, -0.15) is 15.4 Å². The summed E-state index contributed by atoms with van der Waals surface area (Å²) in [6.07, 6.45) is 2.67. The van der Waals surface area contributed by atoms with E-state index in [0.717, 1.165) is 17.9 Å². The van der Waals surface area contributed by atoms with Crippen molar-refractivity contribution in [1.29, 1.82) is 0 Å². The van der Waals surface area contributed by atoms with Crippen LogP contribution in [0.2, 0.25) is 0 Å². The van der Waals surface area contributed by atoms with E-state index >= 15 is 0 Å². The highest BCUT2D eigenvalue weighted by atomic mass is 16.5. The first-order valence-corrected chi connectivity index (χ1v) is 6.12. The maximum Gasteiger partial charge on any atom is 0.122 e. The minimum atomic E-state index is 0.416. The van der Waals surface area contributed by atoms with Crippen molar-refractivity contribution in [2.75, 3.05) is 7.11 Å². The number of nitrogens with zero attached hydrogens (tertiary/aromatic N) is 2. The molecule has 18 heavy (non-hydrogen) atoms. The second-order valence-electron chi connectivity index (χ2n) is 4.67. The Kier molecular flexibility index (Phi) is 3.65. The quantitative estimate of drug-likeness (QED) is 0.901. The minimum absolute atomic E-state index is 0.416. The summed E-state index contributed by atoms with van der Waals surface area (Å²) >= 11 is 0. The third-order valence-corrected chi connectivity index (χ3v) is 3.51. The Morgan fingerprint density at radius 1 is 1.28 bits per heavy atom. The average Bonchev–Trinajstić information content (AvgIpc) is 2.85. The number of aromatic nitrogens is 3. The number of hydrogen-bond acceptors (Lipinski definition) is 3. The topological polar surface area (TPSA) is 50.8 Å². The summed E-state index contributed by atoms with van der Waals surface area (Å²) in [4.78, 5) is 0. The molecule has 1 atom stereocenters. The Morgan fingerprint density at radius 2 is 2.06 bits per heavy atom. The van der Waals surface area contributed by atoms with Crippen molar-refractivity contribution in [2.24, 2.45) is 0 Å². The summed E-state index contributed by atoms with van der Waals surface area (Å²) in [7, 11) is 1.71. The fourth-order valence-corrected chi connectivity index (χ4v) is 2.32. The number of rotatable bonds is 4. The molecule has 0 spiro atoms. The molecule has 4 nitrogen and oxygen atoms in total. The van der Waals surface area contributed by atoms with E-state index in [0.29, 0.717) is 5.92 Å². The average molecular weight is 245 g/mol. The van der Waals surface area contributed by atoms with Gasteiger partial charge in [0.1, 0.15) is 5.75 Å². The van der Waals surface area contributed by atoms with Crippen molar-refractivity contribution in [3.05, 3.63) is 40.7 Å². The predicted octanol–water partition coefficient (Wildman–Crippen LogP) is 2.78. The summed E-state index contributed by atoms with van der Waals surface area (Å²) in [5, 5.41) is 10.6. The van der Waals surface area contributed by atoms with Crippen LogP contribution < -0.4 is 4.74 Å². The Balaban J connectivity index is 2.25. The molecule has 0 saturated carbocycles. The van der Waals surface area contributed by atoms with Gasteiger partial charge >= 0.3 is 0 Å². The number of hydrogen-bond donors (Lipinski definition) is 1. The minimum Gasteiger partial charge on any atom is -0.496 e. The van der Waals surface area contributed by atoms with E-state index in [-0.39, 0.29) is 0 Å². The van der Waals surface area contributed by atoms with Gasteiger partial charge in [0.05, 0.1) is 19.0 Å². The molecule has 1 aromatic heterocycles. The number of H-pyrrole nitrogens is 1. The molecule has 0 bridgehead atoms. The standard InChI is InChI=1S/C14H19N3O/c1-9(7-12-8-15-17-16-12)13-5-6-14(18-4)11(3)10(13)2/h5-6,8-9H,7H2,1-4H3,(H,15,16,17). The number of methoxy groups -OCH3 is 1. The number of ether oxygens (including phenoxy) is 1. The first-order chi connectivity index (χ1) is 8.63. The fourth-order valence-electron chi connectivity index (χ4n) is 2.32. The van der Waals surface area contributed by atoms with Gasteiger partial charge < -0.3 is 4.74 Å². The number of nitrogens with one attached hydrogen (secondary N) is 1. The molecule has 0 radical (unpaired) electrons. The first-order valence-electron chi connectivity index (χ1n) is 6.12. The van der Waals surface area contributed by atoms with Crippen LogP contribution in [0.3, 0.4) is 0 Å². The van der Waals surface area contributed by atoms with Crippen molar-refractivity contribution < 1.29 is 4.74 Å². The molecule has 0 aliphatic heterocycles. The summed E-state index contributed by atoms with van der Waals surface area (Å²) in [5.41, 5.74) is 4.85. The first kappa shape index (κ1) is 12.6. The van der Waals surface area contributed by atoms with Crippen LogP contribution in [-0.2, 0) is 6.42 Å². The van der Waals surface area contributed by atoms with Gasteiger partial charge in [0.15, 0.2) is 0 Å². The van der Waals surface area contributed by atoms with E-state index in [1.54, 1.807) is 13.3 Å². The van der Waals surface area contributed by atoms with Crippen LogP contribution in [0.5, 0.6) is 5.75 Å². The molecular formula is C14H19N3O. The fraction of sp³-hybridized carbons (Fsp3) is 0.429. The van der Waals surface area contributed by atoms with Crippen molar-refractivity contribution in [3.63, 3.8) is 0 Å². The summed E-state index contributed by atoms with van der Waals surface area (Å²) in [6.45, 7) is 6.45. The highest BCUT2D eigenvalue weighted by Gasteiger charge is 2.14. The van der Waals surface area contributed by atoms with E-state index in [1.807, 2.05) is 6.07 Å². The molecule has 1 unspecified atom stereocenters. The van der Waals surface area contributed by atoms with E-state index in [2.05, 4.69) is 42.2 Å². The molecule has 0 fully saturated rings. The van der Waals surface area contributed by atoms with E-state index in [4.69, 9.17) is 4.74 Å². The van der Waals surface area contributed by atoms with Crippen LogP contribution in [0.25, 0.3) is 0 Å². The Morgan fingerprint density at radius 3 is 2.67 bits per heavy atom. The van der Waals surface area contributed by atoms with Crippen LogP contribution >= 0.6 is 0 Å². The Bertz CT molecular complexity index is 520. The second kappa shape index (κ2) is 5.21. The lowest BCUT2D eigenvalue weighted by atomic mass is 9.90. The lowest BCUT2D eigenvalue weighted by Gasteiger charge is -2.17. The summed E-state index contributed by atoms with van der Waals surface area (Å²) in [5.74, 6) is 1.37. The van der Waals surface area contributed by atoms with Crippen molar-refractivity contribution in [1.82, 2.24) is 15.4 Å². The lowest BCUT2D eigenvalue weighted by molar-refractivity contribution is 0.411. The molecule has 0 aliphatic rings. The molecule has 2 aromatic rings. The van der Waals surface area contributed by atoms with Crippen LogP contribution in [0.15, 0.2) is 18.3 Å². The number of aromatic amines is 1. The monoisotopic (exact) mass is 245 g/mol. The highest BCUT2D eigenvalue weighted by Crippen LogP contribution is 2.29. The van der Waals surface area contributed by atoms with Gasteiger partial charge in [-0.1, -0.05) is 13.0 Å². The smallest absolute Gasteiger partial charge is 0.122 e. The molecule has 2 rings (SSSR count). The predicted molar refractivity (Wildman–Crippen MR) is 71.0 cm³/mol. The van der Waals surface area contributed by atoms with Crippen molar-refractivity contribution in [2.45, 2.75) is 33.1 Å². The van der Waals surface area contributed by atoms with Crippen molar-refractivity contribution in [3.8, 4) is 5.75 Å². The van der Waals surface area contributed by atoms with E-state index in [1.165, 1.54) is 16.7 Å². The molecule has 96 valence electrons. The third kappa shape index (κ3) is 2.37. The molecule has 1 aromatic carbocycles. The van der Waals surface area contributed by atoms with Gasteiger partial charge in [0.25, 0.3) is 0 Å². The van der Waals surface area contributed by atoms with Crippen molar-refractivity contribution >= 4 is 0 Å². The zero-order chi connectivity index (χ0) is 13.1. The Labute approximate surface area is 107 Å². The maximum atomic E-state index is 5.34. The maximum absolute atomic E-state index is 5.34. The molecule has 0 aliphatic carbocycles. The molecule has 0 amide bonds. The number of benzene rings is 1. The van der Waals surface area contributed by atoms with Crippen LogP contribution in [-0.4, -0.2) is 22.5 Å². The Hall–Kier alpha value is -1.84. The zero-order valence-corrected chi connectivity index (χ0v) is 11.3. The van der Waals surface area contributed by atoms with Gasteiger partial charge in [-0.3, -0.25) is 0 Å².